The molecular formula is C18H22N2O. The first-order chi connectivity index (χ1) is 10.2. The summed E-state index contributed by atoms with van der Waals surface area (Å²) in [7, 11) is 1.97. The fraction of sp³-hybridized carbons (Fsp3) is 0.389. The quantitative estimate of drug-likeness (QED) is 0.933. The number of likely N-dealkylation sites (N-methyl/N-ethyl adjacent to an activating group) is 1. The highest BCUT2D eigenvalue weighted by atomic mass is 16.2. The van der Waals surface area contributed by atoms with Gasteiger partial charge >= 0.3 is 0 Å². The molecule has 1 amide bonds. The average molecular weight is 282 g/mol. The van der Waals surface area contributed by atoms with Gasteiger partial charge in [0.1, 0.15) is 0 Å². The van der Waals surface area contributed by atoms with E-state index in [1.165, 1.54) is 23.6 Å². The molecule has 110 valence electrons. The summed E-state index contributed by atoms with van der Waals surface area (Å²) in [4.78, 5) is 14.1. The smallest absolute Gasteiger partial charge is 0.239 e. The van der Waals surface area contributed by atoms with Crippen molar-refractivity contribution in [1.29, 1.82) is 0 Å². The summed E-state index contributed by atoms with van der Waals surface area (Å²) < 4.78 is 0. The summed E-state index contributed by atoms with van der Waals surface area (Å²) in [6.45, 7) is 0.412. The standard InChI is InChI=1S/C18H22N2O/c1-20(13-18(21)19-16-8-4-5-9-16)17-11-10-14-6-2-3-7-15(14)12-17/h2-3,6-7,10-12,16H,4-5,8-9,13H2,1H3,(H,19,21). The Morgan fingerprint density at radius 3 is 2.62 bits per heavy atom. The maximum Gasteiger partial charge on any atom is 0.239 e. The number of hydrogen-bond acceptors (Lipinski definition) is 2. The van der Waals surface area contributed by atoms with Crippen LogP contribution in [0.25, 0.3) is 10.8 Å². The minimum absolute atomic E-state index is 0.123. The highest BCUT2D eigenvalue weighted by molar-refractivity contribution is 5.87. The van der Waals surface area contributed by atoms with Gasteiger partial charge in [-0.25, -0.2) is 0 Å². The van der Waals surface area contributed by atoms with E-state index in [9.17, 15) is 4.79 Å². The van der Waals surface area contributed by atoms with Gasteiger partial charge in [-0.15, -0.1) is 0 Å². The van der Waals surface area contributed by atoms with E-state index in [0.717, 1.165) is 18.5 Å². The molecule has 3 rings (SSSR count). The van der Waals surface area contributed by atoms with Crippen molar-refractivity contribution in [3.63, 3.8) is 0 Å². The molecule has 0 aromatic heterocycles. The lowest BCUT2D eigenvalue weighted by atomic mass is 10.1. The van der Waals surface area contributed by atoms with Crippen LogP contribution in [0.1, 0.15) is 25.7 Å². The average Bonchev–Trinajstić information content (AvgIpc) is 2.99. The molecule has 0 saturated heterocycles. The summed E-state index contributed by atoms with van der Waals surface area (Å²) in [5, 5.41) is 5.57. The zero-order valence-electron chi connectivity index (χ0n) is 12.5. The lowest BCUT2D eigenvalue weighted by Crippen LogP contribution is -2.39. The number of hydrogen-bond donors (Lipinski definition) is 1. The Balaban J connectivity index is 1.65. The van der Waals surface area contributed by atoms with Crippen LogP contribution in [0.5, 0.6) is 0 Å². The van der Waals surface area contributed by atoms with Crippen molar-refractivity contribution >= 4 is 22.4 Å². The number of anilines is 1. The van der Waals surface area contributed by atoms with E-state index in [4.69, 9.17) is 0 Å². The van der Waals surface area contributed by atoms with E-state index in [2.05, 4.69) is 35.6 Å². The van der Waals surface area contributed by atoms with Gasteiger partial charge < -0.3 is 10.2 Å². The number of rotatable bonds is 4. The van der Waals surface area contributed by atoms with Gasteiger partial charge in [0.25, 0.3) is 0 Å². The molecule has 1 saturated carbocycles. The van der Waals surface area contributed by atoms with Crippen LogP contribution in [0.2, 0.25) is 0 Å². The molecule has 0 unspecified atom stereocenters. The molecule has 1 fully saturated rings. The van der Waals surface area contributed by atoms with Gasteiger partial charge in [-0.1, -0.05) is 43.2 Å². The van der Waals surface area contributed by atoms with Crippen molar-refractivity contribution < 1.29 is 4.79 Å². The van der Waals surface area contributed by atoms with Crippen molar-refractivity contribution in [1.82, 2.24) is 5.32 Å². The topological polar surface area (TPSA) is 32.3 Å². The van der Waals surface area contributed by atoms with Gasteiger partial charge in [0, 0.05) is 18.8 Å². The number of nitrogens with one attached hydrogen (secondary N) is 1. The summed E-state index contributed by atoms with van der Waals surface area (Å²) in [6, 6.07) is 15.0. The summed E-state index contributed by atoms with van der Waals surface area (Å²) in [5.41, 5.74) is 1.08. The Morgan fingerprint density at radius 1 is 1.14 bits per heavy atom. The first-order valence-corrected chi connectivity index (χ1v) is 7.72. The van der Waals surface area contributed by atoms with Gasteiger partial charge in [-0.05, 0) is 35.7 Å². The van der Waals surface area contributed by atoms with Crippen molar-refractivity contribution in [2.45, 2.75) is 31.7 Å². The number of carbonyl (C=O) groups excluding carboxylic acids is 1. The number of nitrogens with zero attached hydrogens (tertiary/aromatic N) is 1. The van der Waals surface area contributed by atoms with Crippen LogP contribution in [0.3, 0.4) is 0 Å². The van der Waals surface area contributed by atoms with E-state index < -0.39 is 0 Å². The highest BCUT2D eigenvalue weighted by Gasteiger charge is 2.17. The fourth-order valence-corrected chi connectivity index (χ4v) is 3.06. The number of fused-ring (bicyclic) bond motifs is 1. The van der Waals surface area contributed by atoms with E-state index in [0.29, 0.717) is 12.6 Å². The van der Waals surface area contributed by atoms with Crippen LogP contribution in [0.15, 0.2) is 42.5 Å². The number of carbonyl (C=O) groups is 1. The molecular weight excluding hydrogens is 260 g/mol. The molecule has 2 aromatic rings. The predicted octanol–water partition coefficient (Wildman–Crippen LogP) is 3.33. The van der Waals surface area contributed by atoms with E-state index >= 15 is 0 Å². The molecule has 0 atom stereocenters. The monoisotopic (exact) mass is 282 g/mol. The fourth-order valence-electron chi connectivity index (χ4n) is 3.06. The van der Waals surface area contributed by atoms with Crippen LogP contribution in [0.4, 0.5) is 5.69 Å². The minimum atomic E-state index is 0.123. The Bertz CT molecular complexity index is 632. The van der Waals surface area contributed by atoms with Crippen molar-refractivity contribution in [3.05, 3.63) is 42.5 Å². The Kier molecular flexibility index (Phi) is 4.09. The van der Waals surface area contributed by atoms with Gasteiger partial charge in [0.15, 0.2) is 0 Å². The molecule has 0 radical (unpaired) electrons. The summed E-state index contributed by atoms with van der Waals surface area (Å²) in [5.74, 6) is 0.123. The first-order valence-electron chi connectivity index (χ1n) is 7.72. The molecule has 3 heteroatoms. The molecule has 1 aliphatic carbocycles. The van der Waals surface area contributed by atoms with Gasteiger partial charge in [-0.2, -0.15) is 0 Å². The second-order valence-electron chi connectivity index (χ2n) is 5.94. The molecule has 0 aliphatic heterocycles. The molecule has 0 spiro atoms. The first kappa shape index (κ1) is 13.9. The molecule has 2 aromatic carbocycles. The summed E-state index contributed by atoms with van der Waals surface area (Å²) >= 11 is 0. The third-order valence-corrected chi connectivity index (χ3v) is 4.27. The third kappa shape index (κ3) is 3.35. The Hall–Kier alpha value is -2.03. The van der Waals surface area contributed by atoms with Crippen LogP contribution in [0, 0.1) is 0 Å². The summed E-state index contributed by atoms with van der Waals surface area (Å²) in [6.07, 6.45) is 4.74. The zero-order valence-corrected chi connectivity index (χ0v) is 12.5. The van der Waals surface area contributed by atoms with Crippen LogP contribution in [-0.2, 0) is 4.79 Å². The van der Waals surface area contributed by atoms with Crippen LogP contribution in [-0.4, -0.2) is 25.5 Å². The largest absolute Gasteiger partial charge is 0.365 e. The molecule has 1 N–H and O–H groups in total. The normalized spacial score (nSPS) is 15.3. The zero-order chi connectivity index (χ0) is 14.7. The SMILES string of the molecule is CN(CC(=O)NC1CCCC1)c1ccc2ccccc2c1. The van der Waals surface area contributed by atoms with Crippen molar-refractivity contribution in [2.24, 2.45) is 0 Å². The van der Waals surface area contributed by atoms with Crippen LogP contribution < -0.4 is 10.2 Å². The molecule has 21 heavy (non-hydrogen) atoms. The van der Waals surface area contributed by atoms with E-state index in [1.807, 2.05) is 24.1 Å². The highest BCUT2D eigenvalue weighted by Crippen LogP contribution is 2.21. The maximum absolute atomic E-state index is 12.1. The lowest BCUT2D eigenvalue weighted by Gasteiger charge is -2.21. The number of benzene rings is 2. The number of amides is 1. The van der Waals surface area contributed by atoms with Gasteiger partial charge in [0.05, 0.1) is 6.54 Å². The Morgan fingerprint density at radius 2 is 1.86 bits per heavy atom. The molecule has 0 heterocycles. The molecule has 3 nitrogen and oxygen atoms in total. The van der Waals surface area contributed by atoms with Crippen LogP contribution >= 0.6 is 0 Å². The third-order valence-electron chi connectivity index (χ3n) is 4.27. The predicted molar refractivity (Wildman–Crippen MR) is 87.6 cm³/mol. The minimum Gasteiger partial charge on any atom is -0.365 e. The molecule has 0 bridgehead atoms. The van der Waals surface area contributed by atoms with Gasteiger partial charge in [0.2, 0.25) is 5.91 Å². The lowest BCUT2D eigenvalue weighted by molar-refractivity contribution is -0.120. The Labute approximate surface area is 125 Å². The molecule has 1 aliphatic rings. The van der Waals surface area contributed by atoms with E-state index in [-0.39, 0.29) is 5.91 Å². The maximum atomic E-state index is 12.1. The second kappa shape index (κ2) is 6.17. The van der Waals surface area contributed by atoms with Gasteiger partial charge in [-0.3, -0.25) is 4.79 Å². The van der Waals surface area contributed by atoms with Crippen molar-refractivity contribution in [3.8, 4) is 0 Å². The van der Waals surface area contributed by atoms with E-state index in [1.54, 1.807) is 0 Å². The second-order valence-corrected chi connectivity index (χ2v) is 5.94. The van der Waals surface area contributed by atoms with Crippen molar-refractivity contribution in [2.75, 3.05) is 18.5 Å².